The summed E-state index contributed by atoms with van der Waals surface area (Å²) in [7, 11) is -3.45. The van der Waals surface area contributed by atoms with Gasteiger partial charge in [-0.1, -0.05) is 25.0 Å². The fourth-order valence-electron chi connectivity index (χ4n) is 3.53. The molecule has 1 saturated heterocycles. The topological polar surface area (TPSA) is 83.5 Å². The molecule has 1 aliphatic heterocycles. The third kappa shape index (κ3) is 5.77. The molecule has 0 bridgehead atoms. The summed E-state index contributed by atoms with van der Waals surface area (Å²) in [5.74, 6) is -0.152. The van der Waals surface area contributed by atoms with Crippen LogP contribution >= 0.6 is 0 Å². The molecule has 1 heterocycles. The van der Waals surface area contributed by atoms with Crippen LogP contribution in [-0.2, 0) is 21.2 Å². The number of sulfonamides is 1. The number of hydrogen-bond donors (Lipinski definition) is 1. The Morgan fingerprint density at radius 3 is 2.07 bits per heavy atom. The van der Waals surface area contributed by atoms with E-state index in [-0.39, 0.29) is 18.1 Å². The first-order chi connectivity index (χ1) is 14.4. The van der Waals surface area contributed by atoms with E-state index < -0.39 is 10.0 Å². The lowest BCUT2D eigenvalue weighted by Crippen LogP contribution is -2.31. The SMILES string of the molecule is CC(=O)c1ccc(NC(=O)CCc2ccc(S(=O)(=O)N3CCCCCC3)cc2)cc1. The van der Waals surface area contributed by atoms with E-state index in [1.54, 1.807) is 52.8 Å². The van der Waals surface area contributed by atoms with Crippen molar-refractivity contribution in [2.75, 3.05) is 18.4 Å². The predicted octanol–water partition coefficient (Wildman–Crippen LogP) is 4.03. The summed E-state index contributed by atoms with van der Waals surface area (Å²) in [4.78, 5) is 23.8. The summed E-state index contributed by atoms with van der Waals surface area (Å²) in [6.45, 7) is 2.66. The molecule has 30 heavy (non-hydrogen) atoms. The molecule has 0 unspecified atom stereocenters. The third-order valence-electron chi connectivity index (χ3n) is 5.34. The van der Waals surface area contributed by atoms with Gasteiger partial charge in [0.2, 0.25) is 15.9 Å². The van der Waals surface area contributed by atoms with Crippen LogP contribution in [0.4, 0.5) is 5.69 Å². The summed E-state index contributed by atoms with van der Waals surface area (Å²) < 4.78 is 27.2. The van der Waals surface area contributed by atoms with Crippen LogP contribution in [0.3, 0.4) is 0 Å². The molecule has 2 aromatic rings. The van der Waals surface area contributed by atoms with Crippen molar-refractivity contribution in [3.05, 3.63) is 59.7 Å². The normalized spacial score (nSPS) is 15.4. The molecule has 1 fully saturated rings. The van der Waals surface area contributed by atoms with Crippen LogP contribution in [0.1, 0.15) is 54.9 Å². The Bertz CT molecular complexity index is 975. The number of aryl methyl sites for hydroxylation is 1. The summed E-state index contributed by atoms with van der Waals surface area (Å²) in [5.41, 5.74) is 2.15. The monoisotopic (exact) mass is 428 g/mol. The maximum absolute atomic E-state index is 12.8. The van der Waals surface area contributed by atoms with Crippen LogP contribution in [0.2, 0.25) is 0 Å². The van der Waals surface area contributed by atoms with E-state index in [1.165, 1.54) is 6.92 Å². The van der Waals surface area contributed by atoms with Crippen molar-refractivity contribution in [2.45, 2.75) is 50.3 Å². The number of amides is 1. The smallest absolute Gasteiger partial charge is 0.243 e. The number of Topliss-reactive ketones (excluding diaryl/α,β-unsaturated/α-hetero) is 1. The molecule has 0 radical (unpaired) electrons. The van der Waals surface area contributed by atoms with E-state index in [9.17, 15) is 18.0 Å². The van der Waals surface area contributed by atoms with Gasteiger partial charge in [-0.2, -0.15) is 4.31 Å². The molecular weight excluding hydrogens is 400 g/mol. The van der Waals surface area contributed by atoms with Crippen LogP contribution in [0.25, 0.3) is 0 Å². The number of nitrogens with one attached hydrogen (secondary N) is 1. The molecule has 0 spiro atoms. The molecule has 0 aromatic heterocycles. The molecular formula is C23H28N2O4S. The molecule has 160 valence electrons. The number of ketones is 1. The summed E-state index contributed by atoms with van der Waals surface area (Å²) in [5, 5.41) is 2.81. The largest absolute Gasteiger partial charge is 0.326 e. The molecule has 0 saturated carbocycles. The molecule has 3 rings (SSSR count). The Labute approximate surface area is 178 Å². The maximum atomic E-state index is 12.8. The van der Waals surface area contributed by atoms with Crippen LogP contribution in [0.5, 0.6) is 0 Å². The first-order valence-electron chi connectivity index (χ1n) is 10.4. The molecule has 0 aliphatic carbocycles. The van der Waals surface area contributed by atoms with Gasteiger partial charge in [-0.05, 0) is 68.1 Å². The van der Waals surface area contributed by atoms with Gasteiger partial charge in [0.1, 0.15) is 0 Å². The fourth-order valence-corrected chi connectivity index (χ4v) is 5.05. The van der Waals surface area contributed by atoms with Gasteiger partial charge >= 0.3 is 0 Å². The highest BCUT2D eigenvalue weighted by atomic mass is 32.2. The van der Waals surface area contributed by atoms with E-state index in [2.05, 4.69) is 5.32 Å². The first kappa shape index (κ1) is 22.2. The van der Waals surface area contributed by atoms with E-state index in [0.717, 1.165) is 31.2 Å². The summed E-state index contributed by atoms with van der Waals surface area (Å²) in [6, 6.07) is 13.6. The van der Waals surface area contributed by atoms with Gasteiger partial charge in [0.15, 0.2) is 5.78 Å². The van der Waals surface area contributed by atoms with Gasteiger partial charge in [0, 0.05) is 30.8 Å². The van der Waals surface area contributed by atoms with Gasteiger partial charge in [-0.3, -0.25) is 9.59 Å². The van der Waals surface area contributed by atoms with E-state index in [4.69, 9.17) is 0 Å². The Balaban J connectivity index is 1.55. The predicted molar refractivity (Wildman–Crippen MR) is 117 cm³/mol. The van der Waals surface area contributed by atoms with Gasteiger partial charge in [0.25, 0.3) is 0 Å². The molecule has 2 aromatic carbocycles. The average molecular weight is 429 g/mol. The molecule has 1 aliphatic rings. The average Bonchev–Trinajstić information content (AvgIpc) is 3.03. The van der Waals surface area contributed by atoms with Crippen molar-refractivity contribution >= 4 is 27.4 Å². The second kappa shape index (κ2) is 10.00. The van der Waals surface area contributed by atoms with Crippen molar-refractivity contribution < 1.29 is 18.0 Å². The summed E-state index contributed by atoms with van der Waals surface area (Å²) in [6.07, 6.45) is 4.77. The standard InChI is InChI=1S/C23H28N2O4S/c1-18(26)20-9-11-21(12-10-20)24-23(27)15-8-19-6-13-22(14-7-19)30(28,29)25-16-4-2-3-5-17-25/h6-7,9-14H,2-5,8,15-17H2,1H3,(H,24,27). The Morgan fingerprint density at radius 2 is 1.50 bits per heavy atom. The number of rotatable bonds is 7. The van der Waals surface area contributed by atoms with Gasteiger partial charge in [-0.25, -0.2) is 8.42 Å². The maximum Gasteiger partial charge on any atom is 0.243 e. The number of anilines is 1. The van der Waals surface area contributed by atoms with Gasteiger partial charge < -0.3 is 5.32 Å². The number of hydrogen-bond acceptors (Lipinski definition) is 4. The minimum absolute atomic E-state index is 0.0193. The second-order valence-electron chi connectivity index (χ2n) is 7.64. The molecule has 1 amide bonds. The third-order valence-corrected chi connectivity index (χ3v) is 7.25. The Hall–Kier alpha value is -2.51. The highest BCUT2D eigenvalue weighted by Crippen LogP contribution is 2.21. The van der Waals surface area contributed by atoms with Crippen molar-refractivity contribution in [2.24, 2.45) is 0 Å². The van der Waals surface area contributed by atoms with Crippen LogP contribution < -0.4 is 5.32 Å². The van der Waals surface area contributed by atoms with Gasteiger partial charge in [0.05, 0.1) is 4.90 Å². The quantitative estimate of drug-likeness (QED) is 0.675. The van der Waals surface area contributed by atoms with Crippen LogP contribution in [0, 0.1) is 0 Å². The second-order valence-corrected chi connectivity index (χ2v) is 9.58. The first-order valence-corrected chi connectivity index (χ1v) is 11.8. The lowest BCUT2D eigenvalue weighted by atomic mass is 10.1. The van der Waals surface area contributed by atoms with Crippen molar-refractivity contribution in [1.82, 2.24) is 4.31 Å². The minimum Gasteiger partial charge on any atom is -0.326 e. The lowest BCUT2D eigenvalue weighted by molar-refractivity contribution is -0.116. The molecule has 6 nitrogen and oxygen atoms in total. The van der Waals surface area contributed by atoms with Crippen molar-refractivity contribution in [1.29, 1.82) is 0 Å². The van der Waals surface area contributed by atoms with E-state index in [1.807, 2.05) is 0 Å². The highest BCUT2D eigenvalue weighted by Gasteiger charge is 2.24. The zero-order valence-corrected chi connectivity index (χ0v) is 18.1. The highest BCUT2D eigenvalue weighted by molar-refractivity contribution is 7.89. The Kier molecular flexibility index (Phi) is 7.39. The molecule has 1 N–H and O–H groups in total. The molecule has 7 heteroatoms. The number of nitrogens with zero attached hydrogens (tertiary/aromatic N) is 1. The van der Waals surface area contributed by atoms with E-state index in [0.29, 0.717) is 35.7 Å². The van der Waals surface area contributed by atoms with Gasteiger partial charge in [-0.15, -0.1) is 0 Å². The lowest BCUT2D eigenvalue weighted by Gasteiger charge is -2.20. The molecule has 0 atom stereocenters. The number of carbonyl (C=O) groups excluding carboxylic acids is 2. The van der Waals surface area contributed by atoms with Crippen LogP contribution in [-0.4, -0.2) is 37.5 Å². The zero-order chi connectivity index (χ0) is 21.6. The zero-order valence-electron chi connectivity index (χ0n) is 17.3. The van der Waals surface area contributed by atoms with Crippen molar-refractivity contribution in [3.63, 3.8) is 0 Å². The van der Waals surface area contributed by atoms with Crippen molar-refractivity contribution in [3.8, 4) is 0 Å². The van der Waals surface area contributed by atoms with E-state index >= 15 is 0 Å². The minimum atomic E-state index is -3.45. The summed E-state index contributed by atoms with van der Waals surface area (Å²) >= 11 is 0. The number of benzene rings is 2. The number of carbonyl (C=O) groups is 2. The Morgan fingerprint density at radius 1 is 0.900 bits per heavy atom. The fraction of sp³-hybridized carbons (Fsp3) is 0.391. The van der Waals surface area contributed by atoms with Crippen LogP contribution in [0.15, 0.2) is 53.4 Å².